The molecule has 33 heavy (non-hydrogen) atoms. The van der Waals surface area contributed by atoms with Crippen molar-refractivity contribution in [3.05, 3.63) is 81.6 Å². The molecule has 3 aromatic rings. The maximum absolute atomic E-state index is 14.5. The minimum atomic E-state index is -1.40. The molecular weight excluding hydrogens is 490 g/mol. The second-order valence-electron chi connectivity index (χ2n) is 6.88. The van der Waals surface area contributed by atoms with Crippen molar-refractivity contribution in [1.82, 2.24) is 0 Å². The van der Waals surface area contributed by atoms with Crippen molar-refractivity contribution in [3.8, 4) is 11.5 Å². The predicted octanol–water partition coefficient (Wildman–Crippen LogP) is 5.23. The molecule has 1 amide bonds. The molecule has 3 rings (SSSR count). The van der Waals surface area contributed by atoms with Crippen molar-refractivity contribution >= 4 is 46.7 Å². The number of hydrogen-bond donors (Lipinski definition) is 2. The number of rotatable bonds is 9. The van der Waals surface area contributed by atoms with Gasteiger partial charge in [-0.15, -0.1) is 0 Å². The molecule has 0 aliphatic heterocycles. The molecule has 0 aromatic heterocycles. The van der Waals surface area contributed by atoms with E-state index in [4.69, 9.17) is 38.4 Å². The number of nitrogens with zero attached hydrogens (tertiary/aromatic N) is 1. The van der Waals surface area contributed by atoms with E-state index >= 15 is 0 Å². The predicted molar refractivity (Wildman–Crippen MR) is 129 cm³/mol. The molecule has 0 spiro atoms. The number of amides is 1. The van der Waals surface area contributed by atoms with Gasteiger partial charge >= 0.3 is 0 Å². The average molecular weight is 511 g/mol. The zero-order chi connectivity index (χ0) is 24.1. The van der Waals surface area contributed by atoms with Crippen LogP contribution in [0.2, 0.25) is 10.0 Å². The first-order valence-corrected chi connectivity index (χ1v) is 11.1. The number of hydrogen-bond acceptors (Lipinski definition) is 6. The monoisotopic (exact) mass is 510 g/mol. The summed E-state index contributed by atoms with van der Waals surface area (Å²) in [7, 11) is 3.04. The summed E-state index contributed by atoms with van der Waals surface area (Å²) in [6, 6.07) is 13.9. The summed E-state index contributed by atoms with van der Waals surface area (Å²) in [6.45, 7) is -0.196. The fourth-order valence-corrected chi connectivity index (χ4v) is 4.53. The minimum Gasteiger partial charge on any atom is -0.493 e. The molecular formula is C23H21Cl2FN2O4S. The van der Waals surface area contributed by atoms with Crippen LogP contribution in [0, 0.1) is 5.82 Å². The zero-order valence-corrected chi connectivity index (χ0v) is 20.0. The second kappa shape index (κ2) is 11.0. The SMILES string of the molecule is COc1ccc(SN(CC(N)=O)c2ccc(Cl)cc2C(O)c2cc(Cl)ccc2F)cc1OC. The molecule has 1 unspecified atom stereocenters. The van der Waals surface area contributed by atoms with Crippen LogP contribution in [-0.4, -0.2) is 31.8 Å². The van der Waals surface area contributed by atoms with Crippen molar-refractivity contribution in [3.63, 3.8) is 0 Å². The lowest BCUT2D eigenvalue weighted by atomic mass is 9.99. The van der Waals surface area contributed by atoms with Gasteiger partial charge in [0, 0.05) is 26.1 Å². The van der Waals surface area contributed by atoms with Gasteiger partial charge in [0.15, 0.2) is 11.5 Å². The van der Waals surface area contributed by atoms with Crippen molar-refractivity contribution in [2.75, 3.05) is 25.1 Å². The summed E-state index contributed by atoms with van der Waals surface area (Å²) in [5.41, 5.74) is 6.16. The van der Waals surface area contributed by atoms with Crippen LogP contribution in [0.4, 0.5) is 10.1 Å². The van der Waals surface area contributed by atoms with E-state index in [2.05, 4.69) is 0 Å². The number of anilines is 1. The van der Waals surface area contributed by atoms with Crippen molar-refractivity contribution < 1.29 is 23.8 Å². The van der Waals surface area contributed by atoms with Crippen LogP contribution in [0.15, 0.2) is 59.5 Å². The van der Waals surface area contributed by atoms with Gasteiger partial charge in [-0.05, 0) is 66.5 Å². The lowest BCUT2D eigenvalue weighted by Crippen LogP contribution is -2.29. The van der Waals surface area contributed by atoms with E-state index in [1.165, 1.54) is 50.4 Å². The molecule has 0 radical (unpaired) electrons. The maximum atomic E-state index is 14.5. The molecule has 0 fully saturated rings. The van der Waals surface area contributed by atoms with Gasteiger partial charge in [-0.3, -0.25) is 4.79 Å². The summed E-state index contributed by atoms with van der Waals surface area (Å²) in [4.78, 5) is 12.6. The number of ether oxygens (including phenoxy) is 2. The highest BCUT2D eigenvalue weighted by atomic mass is 35.5. The summed E-state index contributed by atoms with van der Waals surface area (Å²) in [5, 5.41) is 11.6. The number of carbonyl (C=O) groups is 1. The molecule has 174 valence electrons. The van der Waals surface area contributed by atoms with E-state index in [1.807, 2.05) is 0 Å². The zero-order valence-electron chi connectivity index (χ0n) is 17.7. The number of primary amides is 1. The Morgan fingerprint density at radius 2 is 1.67 bits per heavy atom. The first-order valence-electron chi connectivity index (χ1n) is 9.61. The van der Waals surface area contributed by atoms with Crippen molar-refractivity contribution in [1.29, 1.82) is 0 Å². The molecule has 3 N–H and O–H groups in total. The van der Waals surface area contributed by atoms with Gasteiger partial charge in [-0.1, -0.05) is 23.2 Å². The molecule has 10 heteroatoms. The molecule has 1 atom stereocenters. The number of methoxy groups -OCH3 is 2. The van der Waals surface area contributed by atoms with Crippen LogP contribution in [0.1, 0.15) is 17.2 Å². The van der Waals surface area contributed by atoms with Crippen LogP contribution < -0.4 is 19.5 Å². The van der Waals surface area contributed by atoms with Crippen LogP contribution in [0.3, 0.4) is 0 Å². The molecule has 0 aliphatic carbocycles. The van der Waals surface area contributed by atoms with Gasteiger partial charge in [-0.25, -0.2) is 4.39 Å². The Balaban J connectivity index is 2.07. The highest BCUT2D eigenvalue weighted by Crippen LogP contribution is 2.40. The third-order valence-corrected chi connectivity index (χ3v) is 6.16. The van der Waals surface area contributed by atoms with Crippen molar-refractivity contribution in [2.45, 2.75) is 11.0 Å². The first-order chi connectivity index (χ1) is 15.7. The summed E-state index contributed by atoms with van der Waals surface area (Å²) in [6.07, 6.45) is -1.40. The molecule has 3 aromatic carbocycles. The molecule has 0 saturated heterocycles. The van der Waals surface area contributed by atoms with Crippen molar-refractivity contribution in [2.24, 2.45) is 5.73 Å². The number of benzene rings is 3. The van der Waals surface area contributed by atoms with Gasteiger partial charge in [0.05, 0.1) is 19.9 Å². The Labute approximate surface area is 205 Å². The molecule has 0 aliphatic rings. The number of carbonyl (C=O) groups excluding carboxylic acids is 1. The molecule has 6 nitrogen and oxygen atoms in total. The third-order valence-electron chi connectivity index (χ3n) is 4.68. The smallest absolute Gasteiger partial charge is 0.238 e. The third kappa shape index (κ3) is 6.03. The Hall–Kier alpha value is -2.65. The number of aliphatic hydroxyl groups excluding tert-OH is 1. The summed E-state index contributed by atoms with van der Waals surface area (Å²) in [5.74, 6) is -0.194. The minimum absolute atomic E-state index is 0.0267. The lowest BCUT2D eigenvalue weighted by Gasteiger charge is -2.27. The van der Waals surface area contributed by atoms with E-state index in [9.17, 15) is 14.3 Å². The van der Waals surface area contributed by atoms with Crippen LogP contribution >= 0.6 is 35.1 Å². The Kier molecular flexibility index (Phi) is 8.31. The number of halogens is 3. The lowest BCUT2D eigenvalue weighted by molar-refractivity contribution is -0.116. The highest BCUT2D eigenvalue weighted by molar-refractivity contribution is 8.00. The second-order valence-corrected chi connectivity index (χ2v) is 8.85. The van der Waals surface area contributed by atoms with Gasteiger partial charge < -0.3 is 24.6 Å². The van der Waals surface area contributed by atoms with E-state index in [1.54, 1.807) is 34.6 Å². The first kappa shape index (κ1) is 25.0. The summed E-state index contributed by atoms with van der Waals surface area (Å²) < 4.78 is 26.7. The van der Waals surface area contributed by atoms with Gasteiger partial charge in [0.2, 0.25) is 5.91 Å². The fraction of sp³-hybridized carbons (Fsp3) is 0.174. The maximum Gasteiger partial charge on any atom is 0.238 e. The number of aliphatic hydroxyl groups is 1. The standard InChI is InChI=1S/C23H21Cl2FN2O4S/c1-31-20-8-5-15(11-21(20)32-2)33-28(12-22(27)29)19-7-4-14(25)10-17(19)23(30)16-9-13(24)3-6-18(16)26/h3-11,23,30H,12H2,1-2H3,(H2,27,29). The van der Waals surface area contributed by atoms with E-state index in [0.29, 0.717) is 27.1 Å². The van der Waals surface area contributed by atoms with E-state index in [0.717, 1.165) is 0 Å². The van der Waals surface area contributed by atoms with Crippen LogP contribution in [-0.2, 0) is 4.79 Å². The molecule has 0 saturated carbocycles. The average Bonchev–Trinajstić information content (AvgIpc) is 2.79. The Morgan fingerprint density at radius 1 is 1.03 bits per heavy atom. The summed E-state index contributed by atoms with van der Waals surface area (Å²) >= 11 is 13.4. The van der Waals surface area contributed by atoms with Gasteiger partial charge in [0.1, 0.15) is 18.5 Å². The fourth-order valence-electron chi connectivity index (χ4n) is 3.17. The topological polar surface area (TPSA) is 85.0 Å². The van der Waals surface area contributed by atoms with Gasteiger partial charge in [0.25, 0.3) is 0 Å². The van der Waals surface area contributed by atoms with E-state index in [-0.39, 0.29) is 22.7 Å². The molecule has 0 bridgehead atoms. The van der Waals surface area contributed by atoms with Crippen LogP contribution in [0.5, 0.6) is 11.5 Å². The molecule has 0 heterocycles. The Morgan fingerprint density at radius 3 is 2.30 bits per heavy atom. The van der Waals surface area contributed by atoms with E-state index < -0.39 is 17.8 Å². The largest absolute Gasteiger partial charge is 0.493 e. The van der Waals surface area contributed by atoms with Crippen LogP contribution in [0.25, 0.3) is 0 Å². The highest BCUT2D eigenvalue weighted by Gasteiger charge is 2.24. The quantitative estimate of drug-likeness (QED) is 0.383. The normalized spacial score (nSPS) is 11.7. The Bertz CT molecular complexity index is 1170. The number of nitrogens with two attached hydrogens (primary N) is 1. The van der Waals surface area contributed by atoms with Gasteiger partial charge in [-0.2, -0.15) is 0 Å².